The molecule has 0 aromatic carbocycles. The van der Waals surface area contributed by atoms with Crippen molar-refractivity contribution in [2.75, 3.05) is 19.6 Å². The van der Waals surface area contributed by atoms with E-state index in [0.29, 0.717) is 0 Å². The number of hydrogen-bond acceptors (Lipinski definition) is 1. The summed E-state index contributed by atoms with van der Waals surface area (Å²) in [5.74, 6) is 1.07. The van der Waals surface area contributed by atoms with Crippen LogP contribution in [0.1, 0.15) is 46.0 Å². The van der Waals surface area contributed by atoms with E-state index in [1.165, 1.54) is 51.7 Å². The monoisotopic (exact) mass is 196 g/mol. The van der Waals surface area contributed by atoms with E-state index in [-0.39, 0.29) is 0 Å². The van der Waals surface area contributed by atoms with Gasteiger partial charge in [0.15, 0.2) is 0 Å². The maximum atomic E-state index is 6.25. The lowest BCUT2D eigenvalue weighted by Gasteiger charge is -2.28. The number of nitrogens with zero attached hydrogens (tertiary/aromatic N) is 1. The van der Waals surface area contributed by atoms with Crippen LogP contribution in [0.4, 0.5) is 0 Å². The van der Waals surface area contributed by atoms with Crippen LogP contribution in [-0.4, -0.2) is 19.6 Å². The third-order valence-electron chi connectivity index (χ3n) is 3.28. The predicted molar refractivity (Wildman–Crippen MR) is 58.5 cm³/mol. The average molecular weight is 196 g/mol. The van der Waals surface area contributed by atoms with Gasteiger partial charge in [-0.1, -0.05) is 26.2 Å². The maximum Gasteiger partial charge on any atom is 0.0773 e. The Labute approximate surface area is 88.9 Å². The van der Waals surface area contributed by atoms with Crippen LogP contribution in [0.15, 0.2) is 0 Å². The van der Waals surface area contributed by atoms with E-state index < -0.39 is 0 Å². The first kappa shape index (κ1) is 13.4. The van der Waals surface area contributed by atoms with Crippen molar-refractivity contribution in [1.29, 1.82) is 5.26 Å². The number of piperidine rings is 1. The molecule has 14 heavy (non-hydrogen) atoms. The highest BCUT2D eigenvalue weighted by Crippen LogP contribution is 2.16. The molecule has 1 aliphatic heterocycles. The average Bonchev–Trinajstić information content (AvgIpc) is 2.30. The Bertz CT molecular complexity index is 135. The summed E-state index contributed by atoms with van der Waals surface area (Å²) in [4.78, 5) is 1.82. The molecule has 1 saturated heterocycles. The molecule has 0 saturated carbocycles. The summed E-state index contributed by atoms with van der Waals surface area (Å²) in [5, 5.41) is 6.25. The van der Waals surface area contributed by atoms with Crippen LogP contribution in [0.25, 0.3) is 0 Å². The summed E-state index contributed by atoms with van der Waals surface area (Å²) >= 11 is 0. The highest BCUT2D eigenvalue weighted by atomic mass is 15.1. The Morgan fingerprint density at radius 1 is 1.21 bits per heavy atom. The first-order valence-corrected chi connectivity index (χ1v) is 5.92. The van der Waals surface area contributed by atoms with Gasteiger partial charge in [0.25, 0.3) is 0 Å². The van der Waals surface area contributed by atoms with Crippen LogP contribution in [0.3, 0.4) is 0 Å². The third-order valence-corrected chi connectivity index (χ3v) is 3.28. The molecule has 0 radical (unpaired) electrons. The molecule has 0 atom stereocenters. The van der Waals surface area contributed by atoms with Crippen molar-refractivity contribution in [2.24, 2.45) is 5.92 Å². The molecule has 2 nitrogen and oxygen atoms in total. The summed E-state index contributed by atoms with van der Waals surface area (Å²) in [6, 6.07) is 0. The van der Waals surface area contributed by atoms with Gasteiger partial charge in [-0.25, -0.2) is 0 Å². The van der Waals surface area contributed by atoms with Gasteiger partial charge in [0, 0.05) is 0 Å². The van der Waals surface area contributed by atoms with Crippen molar-refractivity contribution in [1.82, 2.24) is 0 Å². The molecule has 1 heterocycles. The molecule has 0 aromatic heterocycles. The Morgan fingerprint density at radius 3 is 2.21 bits per heavy atom. The number of unbranched alkanes of at least 4 members (excludes halogenated alkanes) is 1. The Kier molecular flexibility index (Phi) is 8.67. The fraction of sp³-hybridized carbons (Fsp3) is 0.917. The van der Waals surface area contributed by atoms with E-state index in [2.05, 4.69) is 13.8 Å². The molecule has 0 spiro atoms. The van der Waals surface area contributed by atoms with Crippen molar-refractivity contribution < 1.29 is 4.90 Å². The van der Waals surface area contributed by atoms with Crippen LogP contribution >= 0.6 is 0 Å². The largest absolute Gasteiger partial charge is 0.512 e. The summed E-state index contributed by atoms with van der Waals surface area (Å²) in [7, 11) is 0. The van der Waals surface area contributed by atoms with Gasteiger partial charge in [-0.15, -0.1) is 0 Å². The number of hydrogen-bond donors (Lipinski definition) is 1. The van der Waals surface area contributed by atoms with Crippen molar-refractivity contribution in [3.8, 4) is 0 Å². The smallest absolute Gasteiger partial charge is 0.0773 e. The third kappa shape index (κ3) is 5.24. The molecule has 82 valence electrons. The topological polar surface area (TPSA) is 28.2 Å². The summed E-state index contributed by atoms with van der Waals surface area (Å²) < 4.78 is 0. The molecule has 1 rings (SSSR count). The molecular weight excluding hydrogens is 172 g/mol. The molecule has 0 unspecified atom stereocenters. The highest BCUT2D eigenvalue weighted by Gasteiger charge is 2.19. The predicted octanol–water partition coefficient (Wildman–Crippen LogP) is 1.59. The van der Waals surface area contributed by atoms with E-state index >= 15 is 0 Å². The number of rotatable bonds is 4. The Morgan fingerprint density at radius 2 is 1.79 bits per heavy atom. The second kappa shape index (κ2) is 9.02. The molecule has 0 aromatic rings. The van der Waals surface area contributed by atoms with E-state index in [9.17, 15) is 0 Å². The molecular formula is C12H24N2. The van der Waals surface area contributed by atoms with Crippen LogP contribution in [-0.2, 0) is 0 Å². The number of nitrogens with one attached hydrogen (secondary N) is 1. The van der Waals surface area contributed by atoms with Gasteiger partial charge in [-0.3, -0.25) is 0 Å². The zero-order chi connectivity index (χ0) is 10.8. The minimum absolute atomic E-state index is 1.07. The van der Waals surface area contributed by atoms with Crippen molar-refractivity contribution >= 4 is 0 Å². The van der Waals surface area contributed by atoms with Gasteiger partial charge < -0.3 is 16.7 Å². The molecule has 1 aliphatic rings. The molecule has 0 amide bonds. The zero-order valence-corrected chi connectivity index (χ0v) is 9.68. The van der Waals surface area contributed by atoms with Crippen molar-refractivity contribution in [3.63, 3.8) is 0 Å². The second-order valence-corrected chi connectivity index (χ2v) is 4.19. The van der Waals surface area contributed by atoms with Crippen LogP contribution in [0.5, 0.6) is 0 Å². The van der Waals surface area contributed by atoms with Gasteiger partial charge in [-0.05, 0) is 25.7 Å². The lowest BCUT2D eigenvalue weighted by atomic mass is 9.92. The number of quaternary nitrogens is 1. The quantitative estimate of drug-likeness (QED) is 0.680. The van der Waals surface area contributed by atoms with E-state index in [4.69, 9.17) is 11.8 Å². The Balaban J connectivity index is 0.000000791. The first-order valence-electron chi connectivity index (χ1n) is 5.92. The fourth-order valence-electron chi connectivity index (χ4n) is 2.22. The summed E-state index contributed by atoms with van der Waals surface area (Å²) in [6.07, 6.45) is 7.30. The van der Waals surface area contributed by atoms with Crippen LogP contribution in [0.2, 0.25) is 0 Å². The lowest BCUT2D eigenvalue weighted by molar-refractivity contribution is -0.904. The normalized spacial score (nSPS) is 26.3. The van der Waals surface area contributed by atoms with Gasteiger partial charge in [0.2, 0.25) is 0 Å². The lowest BCUT2D eigenvalue weighted by Crippen LogP contribution is -3.12. The van der Waals surface area contributed by atoms with E-state index in [1.54, 1.807) is 0 Å². The Hall–Kier alpha value is -0.550. The van der Waals surface area contributed by atoms with Gasteiger partial charge >= 0.3 is 0 Å². The van der Waals surface area contributed by atoms with Gasteiger partial charge in [-0.2, -0.15) is 0 Å². The van der Waals surface area contributed by atoms with Crippen molar-refractivity contribution in [2.45, 2.75) is 46.0 Å². The van der Waals surface area contributed by atoms with Crippen molar-refractivity contribution in [3.05, 3.63) is 6.57 Å². The second-order valence-electron chi connectivity index (χ2n) is 4.19. The van der Waals surface area contributed by atoms with E-state index in [0.717, 1.165) is 5.92 Å². The van der Waals surface area contributed by atoms with Crippen LogP contribution in [0, 0.1) is 17.8 Å². The zero-order valence-electron chi connectivity index (χ0n) is 9.68. The standard InChI is InChI=1S/C11H23N.CN/c1-3-5-6-11-7-9-12(4-2)10-8-11;1-2/h11H,3-10H2,1-2H3;/q;-1/p+1. The van der Waals surface area contributed by atoms with E-state index in [1.807, 2.05) is 4.90 Å². The molecule has 2 heteroatoms. The minimum atomic E-state index is 1.07. The summed E-state index contributed by atoms with van der Waals surface area (Å²) in [5.41, 5.74) is 0. The molecule has 0 aliphatic carbocycles. The maximum absolute atomic E-state index is 6.25. The summed E-state index contributed by atoms with van der Waals surface area (Å²) in [6.45, 7) is 13.6. The van der Waals surface area contributed by atoms with Crippen LogP contribution < -0.4 is 4.90 Å². The molecule has 1 N–H and O–H groups in total. The van der Waals surface area contributed by atoms with Gasteiger partial charge in [0.05, 0.1) is 19.6 Å². The molecule has 1 fully saturated rings. The molecule has 0 bridgehead atoms. The SMILES string of the molecule is CCCCC1CC[NH+](CC)CC1.[C-]#N. The van der Waals surface area contributed by atoms with Gasteiger partial charge in [0.1, 0.15) is 0 Å². The number of likely N-dealkylation sites (tertiary alicyclic amines) is 1. The highest BCUT2D eigenvalue weighted by molar-refractivity contribution is 4.61. The first-order chi connectivity index (χ1) is 6.86. The fourth-order valence-corrected chi connectivity index (χ4v) is 2.22. The minimum Gasteiger partial charge on any atom is -0.512 e.